The van der Waals surface area contributed by atoms with Crippen molar-refractivity contribution >= 4 is 23.8 Å². The average molecular weight is 302 g/mol. The molecule has 0 aromatic rings. The second kappa shape index (κ2) is 9.10. The molecule has 0 aromatic heterocycles. The maximum Gasteiger partial charge on any atom is 0.317 e. The second-order valence-corrected chi connectivity index (χ2v) is 6.45. The zero-order valence-electron chi connectivity index (χ0n) is 12.4. The number of thioether (sulfide) groups is 1. The van der Waals surface area contributed by atoms with Crippen LogP contribution >= 0.6 is 11.8 Å². The summed E-state index contributed by atoms with van der Waals surface area (Å²) in [5, 5.41) is 11.9. The average Bonchev–Trinajstić information content (AvgIpc) is 2.80. The van der Waals surface area contributed by atoms with E-state index in [9.17, 15) is 9.59 Å². The van der Waals surface area contributed by atoms with E-state index in [1.54, 1.807) is 4.90 Å². The maximum absolute atomic E-state index is 11.9. The summed E-state index contributed by atoms with van der Waals surface area (Å²) >= 11 is 1.87. The van der Waals surface area contributed by atoms with E-state index in [1.807, 2.05) is 18.7 Å². The van der Waals surface area contributed by atoms with Gasteiger partial charge < -0.3 is 15.3 Å². The van der Waals surface area contributed by atoms with Crippen LogP contribution in [-0.2, 0) is 4.79 Å². The first kappa shape index (κ1) is 17.1. The highest BCUT2D eigenvalue weighted by Gasteiger charge is 2.36. The molecule has 1 rings (SSSR count). The lowest BCUT2D eigenvalue weighted by Gasteiger charge is -2.16. The largest absolute Gasteiger partial charge is 0.481 e. The number of rotatable bonds is 8. The van der Waals surface area contributed by atoms with Crippen molar-refractivity contribution < 1.29 is 14.7 Å². The van der Waals surface area contributed by atoms with Crippen molar-refractivity contribution in [2.75, 3.05) is 31.6 Å². The molecule has 0 aliphatic carbocycles. The van der Waals surface area contributed by atoms with Crippen LogP contribution in [0.1, 0.15) is 32.6 Å². The Morgan fingerprint density at radius 3 is 2.55 bits per heavy atom. The molecule has 2 unspecified atom stereocenters. The van der Waals surface area contributed by atoms with Gasteiger partial charge in [-0.1, -0.05) is 19.8 Å². The van der Waals surface area contributed by atoms with Crippen LogP contribution in [0.4, 0.5) is 4.79 Å². The van der Waals surface area contributed by atoms with Gasteiger partial charge in [0, 0.05) is 19.6 Å². The second-order valence-electron chi connectivity index (χ2n) is 5.47. The third-order valence-corrected chi connectivity index (χ3v) is 4.47. The number of nitrogens with one attached hydrogen (secondary N) is 1. The summed E-state index contributed by atoms with van der Waals surface area (Å²) in [7, 11) is 0. The van der Waals surface area contributed by atoms with Crippen molar-refractivity contribution in [2.45, 2.75) is 32.6 Å². The first-order valence-corrected chi connectivity index (χ1v) is 8.70. The summed E-state index contributed by atoms with van der Waals surface area (Å²) < 4.78 is 0. The maximum atomic E-state index is 11.9. The van der Waals surface area contributed by atoms with Gasteiger partial charge in [-0.25, -0.2) is 4.79 Å². The van der Waals surface area contributed by atoms with Crippen molar-refractivity contribution in [3.63, 3.8) is 0 Å². The number of hydrogen-bond acceptors (Lipinski definition) is 3. The fourth-order valence-electron chi connectivity index (χ4n) is 2.49. The van der Waals surface area contributed by atoms with Gasteiger partial charge in [-0.05, 0) is 30.8 Å². The molecule has 20 heavy (non-hydrogen) atoms. The Morgan fingerprint density at radius 1 is 1.25 bits per heavy atom. The molecular weight excluding hydrogens is 276 g/mol. The first-order valence-electron chi connectivity index (χ1n) is 7.30. The third kappa shape index (κ3) is 5.61. The Hall–Kier alpha value is -0.910. The van der Waals surface area contributed by atoms with Gasteiger partial charge in [0.15, 0.2) is 0 Å². The number of nitrogens with zero attached hydrogens (tertiary/aromatic N) is 1. The predicted molar refractivity (Wildman–Crippen MR) is 82.1 cm³/mol. The number of hydrogen-bond donors (Lipinski definition) is 2. The smallest absolute Gasteiger partial charge is 0.317 e. The summed E-state index contributed by atoms with van der Waals surface area (Å²) in [6.07, 6.45) is 6.68. The molecule has 0 bridgehead atoms. The van der Waals surface area contributed by atoms with Crippen molar-refractivity contribution in [3.8, 4) is 0 Å². The van der Waals surface area contributed by atoms with Crippen molar-refractivity contribution in [3.05, 3.63) is 0 Å². The molecule has 2 amide bonds. The molecule has 1 saturated heterocycles. The topological polar surface area (TPSA) is 69.6 Å². The quantitative estimate of drug-likeness (QED) is 0.675. The molecule has 1 fully saturated rings. The van der Waals surface area contributed by atoms with E-state index in [4.69, 9.17) is 5.11 Å². The van der Waals surface area contributed by atoms with E-state index in [0.717, 1.165) is 12.8 Å². The Labute approximate surface area is 125 Å². The zero-order valence-corrected chi connectivity index (χ0v) is 13.2. The normalized spacial score (nSPS) is 22.0. The number of carboxylic acids is 1. The van der Waals surface area contributed by atoms with E-state index in [1.165, 1.54) is 18.6 Å². The van der Waals surface area contributed by atoms with Crippen molar-refractivity contribution in [1.82, 2.24) is 10.2 Å². The van der Waals surface area contributed by atoms with Crippen LogP contribution in [0.25, 0.3) is 0 Å². The molecule has 1 aliphatic rings. The Morgan fingerprint density at radius 2 is 1.95 bits per heavy atom. The molecular formula is C14H26N2O3S. The highest BCUT2D eigenvalue weighted by Crippen LogP contribution is 2.22. The van der Waals surface area contributed by atoms with Crippen LogP contribution in [-0.4, -0.2) is 53.6 Å². The molecule has 1 heterocycles. The number of unbranched alkanes of at least 4 members (excludes halogenated alkanes) is 3. The van der Waals surface area contributed by atoms with E-state index < -0.39 is 11.9 Å². The van der Waals surface area contributed by atoms with Crippen molar-refractivity contribution in [1.29, 1.82) is 0 Å². The molecule has 0 aromatic carbocycles. The van der Waals surface area contributed by atoms with E-state index >= 15 is 0 Å². The molecule has 116 valence electrons. The van der Waals surface area contributed by atoms with Crippen molar-refractivity contribution in [2.24, 2.45) is 11.8 Å². The predicted octanol–water partition coefficient (Wildman–Crippen LogP) is 2.27. The number of aliphatic carboxylic acids is 1. The van der Waals surface area contributed by atoms with E-state index in [-0.39, 0.29) is 11.9 Å². The van der Waals surface area contributed by atoms with Crippen LogP contribution in [0.2, 0.25) is 0 Å². The lowest BCUT2D eigenvalue weighted by atomic mass is 9.99. The van der Waals surface area contributed by atoms with Crippen LogP contribution in [0, 0.1) is 11.8 Å². The summed E-state index contributed by atoms with van der Waals surface area (Å²) in [6, 6.07) is -0.121. The lowest BCUT2D eigenvalue weighted by Crippen LogP contribution is -2.39. The number of carboxylic acid groups (broad SMARTS) is 1. The number of carbonyl (C=O) groups excluding carboxylic acids is 1. The zero-order chi connectivity index (χ0) is 15.0. The Kier molecular flexibility index (Phi) is 7.80. The van der Waals surface area contributed by atoms with E-state index in [2.05, 4.69) is 11.6 Å². The molecule has 5 nitrogen and oxygen atoms in total. The fraction of sp³-hybridized carbons (Fsp3) is 0.857. The van der Waals surface area contributed by atoms with Gasteiger partial charge in [0.05, 0.1) is 5.92 Å². The monoisotopic (exact) mass is 302 g/mol. The van der Waals surface area contributed by atoms with Gasteiger partial charge in [-0.2, -0.15) is 11.8 Å². The van der Waals surface area contributed by atoms with Gasteiger partial charge in [-0.15, -0.1) is 0 Å². The Bertz CT molecular complexity index is 326. The van der Waals surface area contributed by atoms with Gasteiger partial charge in [0.1, 0.15) is 0 Å². The minimum absolute atomic E-state index is 0.0322. The third-order valence-electron chi connectivity index (χ3n) is 3.77. The SMILES string of the molecule is CSCCCCCCNC(=O)N1CC(C)C(C(=O)O)C1. The Balaban J connectivity index is 2.13. The summed E-state index contributed by atoms with van der Waals surface area (Å²) in [5.41, 5.74) is 0. The first-order chi connectivity index (χ1) is 9.56. The van der Waals surface area contributed by atoms with Gasteiger partial charge in [-0.3, -0.25) is 4.79 Å². The van der Waals surface area contributed by atoms with Gasteiger partial charge >= 0.3 is 12.0 Å². The standard InChI is InChI=1S/C14H26N2O3S/c1-11-9-16(10-12(11)13(17)18)14(19)15-7-5-3-4-6-8-20-2/h11-12H,3-10H2,1-2H3,(H,15,19)(H,17,18). The summed E-state index contributed by atoms with van der Waals surface area (Å²) in [4.78, 5) is 24.5. The van der Waals surface area contributed by atoms with Crippen LogP contribution in [0.3, 0.4) is 0 Å². The molecule has 1 aliphatic heterocycles. The summed E-state index contributed by atoms with van der Waals surface area (Å²) in [5.74, 6) is 0.00731. The molecule has 0 radical (unpaired) electrons. The van der Waals surface area contributed by atoms with Gasteiger partial charge in [0.2, 0.25) is 0 Å². The highest BCUT2D eigenvalue weighted by atomic mass is 32.2. The summed E-state index contributed by atoms with van der Waals surface area (Å²) in [6.45, 7) is 3.44. The number of amides is 2. The molecule has 0 spiro atoms. The minimum Gasteiger partial charge on any atom is -0.481 e. The minimum atomic E-state index is -0.804. The van der Waals surface area contributed by atoms with Gasteiger partial charge in [0.25, 0.3) is 0 Å². The fourth-order valence-corrected chi connectivity index (χ4v) is 2.98. The molecule has 6 heteroatoms. The number of carbonyl (C=O) groups is 2. The number of likely N-dealkylation sites (tertiary alicyclic amines) is 1. The molecule has 0 saturated carbocycles. The lowest BCUT2D eigenvalue weighted by molar-refractivity contribution is -0.142. The highest BCUT2D eigenvalue weighted by molar-refractivity contribution is 7.98. The molecule has 2 atom stereocenters. The van der Waals surface area contributed by atoms with Crippen LogP contribution < -0.4 is 5.32 Å². The van der Waals surface area contributed by atoms with Crippen LogP contribution in [0.5, 0.6) is 0 Å². The molecule has 2 N–H and O–H groups in total. The van der Waals surface area contributed by atoms with Crippen LogP contribution in [0.15, 0.2) is 0 Å². The number of urea groups is 1. The van der Waals surface area contributed by atoms with E-state index in [0.29, 0.717) is 19.6 Å².